The van der Waals surface area contributed by atoms with Gasteiger partial charge in [-0.05, 0) is 56.5 Å². The van der Waals surface area contributed by atoms with Gasteiger partial charge in [0.15, 0.2) is 6.61 Å². The molecule has 0 aliphatic carbocycles. The summed E-state index contributed by atoms with van der Waals surface area (Å²) in [6, 6.07) is 13.2. The molecule has 2 aromatic carbocycles. The largest absolute Gasteiger partial charge is 0.483 e. The van der Waals surface area contributed by atoms with Crippen molar-refractivity contribution in [2.45, 2.75) is 27.7 Å². The number of hydrogen-bond donors (Lipinski definition) is 2. The van der Waals surface area contributed by atoms with Crippen LogP contribution < -0.4 is 15.7 Å². The number of nitrogens with one attached hydrogen (secondary N) is 2. The number of rotatable bonds is 6. The van der Waals surface area contributed by atoms with Gasteiger partial charge in [-0.2, -0.15) is 5.10 Å². The highest BCUT2D eigenvalue weighted by molar-refractivity contribution is 5.83. The first kappa shape index (κ1) is 20.1. The molecule has 0 atom stereocenters. The molecular weight excluding hydrogens is 368 g/mol. The molecular formula is C22H24N4O3. The third kappa shape index (κ3) is 4.45. The maximum absolute atomic E-state index is 12.6. The molecule has 0 fully saturated rings. The predicted octanol–water partition coefficient (Wildman–Crippen LogP) is 2.93. The number of benzene rings is 2. The third-order valence-electron chi connectivity index (χ3n) is 4.74. The lowest BCUT2D eigenvalue weighted by molar-refractivity contribution is -0.123. The fourth-order valence-corrected chi connectivity index (χ4v) is 2.96. The molecule has 0 aliphatic rings. The predicted molar refractivity (Wildman–Crippen MR) is 113 cm³/mol. The second-order valence-electron chi connectivity index (χ2n) is 6.86. The molecule has 0 spiro atoms. The van der Waals surface area contributed by atoms with Crippen molar-refractivity contribution in [3.05, 3.63) is 80.8 Å². The Hall–Kier alpha value is -3.61. The summed E-state index contributed by atoms with van der Waals surface area (Å²) in [5.74, 6) is 0.300. The zero-order valence-corrected chi connectivity index (χ0v) is 16.9. The van der Waals surface area contributed by atoms with Crippen LogP contribution in [0.15, 0.2) is 52.4 Å². The van der Waals surface area contributed by atoms with E-state index in [2.05, 4.69) is 15.6 Å². The number of aromatic nitrogens is 2. The van der Waals surface area contributed by atoms with Crippen molar-refractivity contribution in [3.63, 3.8) is 0 Å². The van der Waals surface area contributed by atoms with Gasteiger partial charge < -0.3 is 4.74 Å². The fraction of sp³-hybridized carbons (Fsp3) is 0.227. The number of hydrogen-bond acceptors (Lipinski definition) is 4. The van der Waals surface area contributed by atoms with Crippen LogP contribution in [-0.4, -0.2) is 28.5 Å². The van der Waals surface area contributed by atoms with E-state index in [4.69, 9.17) is 4.74 Å². The van der Waals surface area contributed by atoms with E-state index in [1.807, 2.05) is 63.2 Å². The van der Waals surface area contributed by atoms with Crippen molar-refractivity contribution >= 4 is 12.1 Å². The summed E-state index contributed by atoms with van der Waals surface area (Å²) in [5.41, 5.74) is 6.98. The summed E-state index contributed by atoms with van der Waals surface area (Å²) in [5, 5.41) is 6.91. The first-order valence-electron chi connectivity index (χ1n) is 9.27. The number of hydrazone groups is 1. The second kappa shape index (κ2) is 8.60. The van der Waals surface area contributed by atoms with Gasteiger partial charge in [-0.3, -0.25) is 14.7 Å². The first-order valence-corrected chi connectivity index (χ1v) is 9.27. The molecule has 7 heteroatoms. The van der Waals surface area contributed by atoms with Crippen molar-refractivity contribution in [2.75, 3.05) is 6.61 Å². The van der Waals surface area contributed by atoms with E-state index < -0.39 is 5.91 Å². The zero-order valence-electron chi connectivity index (χ0n) is 16.9. The van der Waals surface area contributed by atoms with Crippen molar-refractivity contribution < 1.29 is 9.53 Å². The van der Waals surface area contributed by atoms with Crippen LogP contribution in [0, 0.1) is 27.7 Å². The number of nitrogens with zero attached hydrogens (tertiary/aromatic N) is 2. The lowest BCUT2D eigenvalue weighted by Crippen LogP contribution is -2.25. The molecule has 3 aromatic rings. The van der Waals surface area contributed by atoms with Crippen molar-refractivity contribution in [3.8, 4) is 11.4 Å². The van der Waals surface area contributed by atoms with E-state index in [0.717, 1.165) is 22.4 Å². The molecule has 2 N–H and O–H groups in total. The molecule has 7 nitrogen and oxygen atoms in total. The van der Waals surface area contributed by atoms with Gasteiger partial charge in [-0.15, -0.1) is 0 Å². The number of carbonyl (C=O) groups excluding carboxylic acids is 1. The van der Waals surface area contributed by atoms with Crippen LogP contribution in [0.4, 0.5) is 0 Å². The SMILES string of the molecule is Cc1ccc(C)c(OCC(=O)N/N=C\c2c(C)[nH]n(-c3ccccc3)c2=O)c1C. The van der Waals surface area contributed by atoms with Gasteiger partial charge in [0.1, 0.15) is 5.75 Å². The number of carbonyl (C=O) groups is 1. The van der Waals surface area contributed by atoms with Gasteiger partial charge in [-0.1, -0.05) is 30.3 Å². The molecule has 0 unspecified atom stereocenters. The molecule has 1 heterocycles. The van der Waals surface area contributed by atoms with Gasteiger partial charge in [0.2, 0.25) is 0 Å². The van der Waals surface area contributed by atoms with Crippen molar-refractivity contribution in [1.29, 1.82) is 0 Å². The molecule has 29 heavy (non-hydrogen) atoms. The summed E-state index contributed by atoms with van der Waals surface area (Å²) < 4.78 is 7.10. The summed E-state index contributed by atoms with van der Waals surface area (Å²) in [7, 11) is 0. The average Bonchev–Trinajstić information content (AvgIpc) is 3.00. The monoisotopic (exact) mass is 392 g/mol. The van der Waals surface area contributed by atoms with Crippen LogP contribution in [0.2, 0.25) is 0 Å². The molecule has 1 aromatic heterocycles. The van der Waals surface area contributed by atoms with Crippen LogP contribution in [0.3, 0.4) is 0 Å². The standard InChI is InChI=1S/C22H24N4O3/c1-14-10-11-15(2)21(16(14)3)29-13-20(27)24-23-12-19-17(4)25-26(22(19)28)18-8-6-5-7-9-18/h5-12,25H,13H2,1-4H3,(H,24,27)/b23-12-. The molecule has 150 valence electrons. The quantitative estimate of drug-likeness (QED) is 0.499. The highest BCUT2D eigenvalue weighted by Crippen LogP contribution is 2.25. The summed E-state index contributed by atoms with van der Waals surface area (Å²) in [4.78, 5) is 24.7. The molecule has 0 bridgehead atoms. The minimum atomic E-state index is -0.405. The van der Waals surface area contributed by atoms with Gasteiger partial charge in [-0.25, -0.2) is 10.1 Å². The van der Waals surface area contributed by atoms with Crippen LogP contribution in [-0.2, 0) is 4.79 Å². The van der Waals surface area contributed by atoms with E-state index in [-0.39, 0.29) is 12.2 Å². The molecule has 0 radical (unpaired) electrons. The topological polar surface area (TPSA) is 88.5 Å². The Morgan fingerprint density at radius 2 is 1.79 bits per heavy atom. The normalized spacial score (nSPS) is 11.0. The Labute approximate surface area is 169 Å². The maximum Gasteiger partial charge on any atom is 0.280 e. The zero-order chi connectivity index (χ0) is 21.0. The highest BCUT2D eigenvalue weighted by atomic mass is 16.5. The minimum absolute atomic E-state index is 0.164. The summed E-state index contributed by atoms with van der Waals surface area (Å²) >= 11 is 0. The van der Waals surface area contributed by atoms with Gasteiger partial charge in [0, 0.05) is 5.69 Å². The Balaban J connectivity index is 1.65. The van der Waals surface area contributed by atoms with Crippen LogP contribution in [0.5, 0.6) is 5.75 Å². The number of aryl methyl sites for hydroxylation is 3. The van der Waals surface area contributed by atoms with Crippen LogP contribution in [0.1, 0.15) is 27.9 Å². The number of amides is 1. The number of aromatic amines is 1. The average molecular weight is 392 g/mol. The summed E-state index contributed by atoms with van der Waals surface area (Å²) in [6.07, 6.45) is 1.34. The van der Waals surface area contributed by atoms with E-state index in [9.17, 15) is 9.59 Å². The molecule has 0 saturated heterocycles. The Bertz CT molecular complexity index is 1110. The first-order chi connectivity index (χ1) is 13.9. The molecule has 0 aliphatic heterocycles. The maximum atomic E-state index is 12.6. The van der Waals surface area contributed by atoms with E-state index >= 15 is 0 Å². The lowest BCUT2D eigenvalue weighted by atomic mass is 10.1. The van der Waals surface area contributed by atoms with Crippen molar-refractivity contribution in [1.82, 2.24) is 15.2 Å². The third-order valence-corrected chi connectivity index (χ3v) is 4.74. The van der Waals surface area contributed by atoms with E-state index in [1.165, 1.54) is 10.9 Å². The Kier molecular flexibility index (Phi) is 5.97. The Morgan fingerprint density at radius 1 is 1.10 bits per heavy atom. The lowest BCUT2D eigenvalue weighted by Gasteiger charge is -2.13. The van der Waals surface area contributed by atoms with Crippen LogP contribution in [0.25, 0.3) is 5.69 Å². The van der Waals surface area contributed by atoms with Gasteiger partial charge >= 0.3 is 0 Å². The number of H-pyrrole nitrogens is 1. The number of ether oxygens (including phenoxy) is 1. The fourth-order valence-electron chi connectivity index (χ4n) is 2.96. The van der Waals surface area contributed by atoms with Gasteiger partial charge in [0.25, 0.3) is 11.5 Å². The Morgan fingerprint density at radius 3 is 2.52 bits per heavy atom. The molecule has 1 amide bonds. The molecule has 3 rings (SSSR count). The van der Waals surface area contributed by atoms with Crippen LogP contribution >= 0.6 is 0 Å². The van der Waals surface area contributed by atoms with Gasteiger partial charge in [0.05, 0.1) is 17.5 Å². The highest BCUT2D eigenvalue weighted by Gasteiger charge is 2.11. The summed E-state index contributed by atoms with van der Waals surface area (Å²) in [6.45, 7) is 7.50. The number of para-hydroxylation sites is 1. The second-order valence-corrected chi connectivity index (χ2v) is 6.86. The van der Waals surface area contributed by atoms with Crippen molar-refractivity contribution in [2.24, 2.45) is 5.10 Å². The molecule has 0 saturated carbocycles. The van der Waals surface area contributed by atoms with E-state index in [0.29, 0.717) is 17.0 Å². The minimum Gasteiger partial charge on any atom is -0.483 e. The smallest absolute Gasteiger partial charge is 0.280 e. The van der Waals surface area contributed by atoms with E-state index in [1.54, 1.807) is 6.92 Å².